The number of aliphatic carboxylic acids is 1. The van der Waals surface area contributed by atoms with Crippen LogP contribution in [0.1, 0.15) is 85.5 Å². The first-order valence-corrected chi connectivity index (χ1v) is 9.17. The van der Waals surface area contributed by atoms with Crippen LogP contribution in [0.2, 0.25) is 5.31 Å². The molecule has 2 radical (unpaired) electrons. The first-order valence-electron chi connectivity index (χ1n) is 9.17. The van der Waals surface area contributed by atoms with Crippen LogP contribution in [-0.4, -0.2) is 18.9 Å². The highest BCUT2D eigenvalue weighted by Gasteiger charge is 2.66. The Morgan fingerprint density at radius 3 is 2.41 bits per heavy atom. The summed E-state index contributed by atoms with van der Waals surface area (Å²) in [6, 6.07) is 0. The molecule has 22 heavy (non-hydrogen) atoms. The molecule has 0 saturated heterocycles. The van der Waals surface area contributed by atoms with E-state index in [0.29, 0.717) is 0 Å². The molecule has 124 valence electrons. The molecule has 2 aliphatic carbocycles. The van der Waals surface area contributed by atoms with Crippen LogP contribution in [0.5, 0.6) is 0 Å². The first kappa shape index (κ1) is 17.9. The van der Waals surface area contributed by atoms with Gasteiger partial charge in [-0.05, 0) is 36.0 Å². The van der Waals surface area contributed by atoms with Gasteiger partial charge in [0.15, 0.2) is 0 Å². The fourth-order valence-electron chi connectivity index (χ4n) is 5.20. The quantitative estimate of drug-likeness (QED) is 0.707. The van der Waals surface area contributed by atoms with Crippen LogP contribution in [-0.2, 0) is 4.79 Å². The van der Waals surface area contributed by atoms with Gasteiger partial charge in [0.1, 0.15) is 0 Å². The van der Waals surface area contributed by atoms with Crippen LogP contribution in [0.3, 0.4) is 0 Å². The molecule has 0 amide bonds. The highest BCUT2D eigenvalue weighted by Crippen LogP contribution is 2.73. The number of carbonyl (C=O) groups is 1. The minimum absolute atomic E-state index is 0.198. The topological polar surface area (TPSA) is 37.3 Å². The van der Waals surface area contributed by atoms with E-state index in [-0.39, 0.29) is 28.0 Å². The highest BCUT2D eigenvalue weighted by molar-refractivity contribution is 6.14. The summed E-state index contributed by atoms with van der Waals surface area (Å²) in [6.45, 7) is 9.01. The van der Waals surface area contributed by atoms with Gasteiger partial charge in [0, 0.05) is 0 Å². The molecule has 1 N–H and O–H groups in total. The number of hydrogen-bond acceptors (Lipinski definition) is 1. The second kappa shape index (κ2) is 6.21. The number of carboxylic acid groups (broad SMARTS) is 1. The van der Waals surface area contributed by atoms with Gasteiger partial charge in [0.25, 0.3) is 0 Å². The highest BCUT2D eigenvalue weighted by atomic mass is 16.4. The van der Waals surface area contributed by atoms with E-state index in [9.17, 15) is 9.90 Å². The van der Waals surface area contributed by atoms with E-state index >= 15 is 0 Å². The summed E-state index contributed by atoms with van der Waals surface area (Å²) in [5.74, 6) is -0.565. The van der Waals surface area contributed by atoms with E-state index in [1.807, 2.05) is 0 Å². The fourth-order valence-corrected chi connectivity index (χ4v) is 5.20. The zero-order valence-electron chi connectivity index (χ0n) is 15.0. The smallest absolute Gasteiger partial charge is 0.306 e. The van der Waals surface area contributed by atoms with Crippen molar-refractivity contribution in [1.29, 1.82) is 0 Å². The molecule has 0 aromatic carbocycles. The average Bonchev–Trinajstić information content (AvgIpc) is 2.94. The summed E-state index contributed by atoms with van der Waals surface area (Å²) in [6.07, 6.45) is 9.53. The van der Waals surface area contributed by atoms with Crippen molar-refractivity contribution in [2.45, 2.75) is 90.8 Å². The van der Waals surface area contributed by atoms with E-state index in [2.05, 4.69) is 27.7 Å². The molecule has 2 aliphatic rings. The number of rotatable bonds is 5. The van der Waals surface area contributed by atoms with Crippen molar-refractivity contribution in [1.82, 2.24) is 0 Å². The van der Waals surface area contributed by atoms with Crippen molar-refractivity contribution in [3.63, 3.8) is 0 Å². The van der Waals surface area contributed by atoms with Gasteiger partial charge in [-0.1, -0.05) is 71.5 Å². The molecule has 0 aromatic heterocycles. The van der Waals surface area contributed by atoms with E-state index in [1.165, 1.54) is 25.7 Å². The van der Waals surface area contributed by atoms with Gasteiger partial charge in [-0.25, -0.2) is 0 Å². The maximum atomic E-state index is 12.0. The molecule has 4 unspecified atom stereocenters. The molecule has 0 spiro atoms. The molecule has 2 saturated carbocycles. The van der Waals surface area contributed by atoms with Crippen molar-refractivity contribution in [3.05, 3.63) is 0 Å². The Morgan fingerprint density at radius 2 is 1.91 bits per heavy atom. The molecular weight excluding hydrogens is 271 g/mol. The lowest BCUT2D eigenvalue weighted by atomic mass is 9.56. The van der Waals surface area contributed by atoms with Gasteiger partial charge >= 0.3 is 5.97 Å². The summed E-state index contributed by atoms with van der Waals surface area (Å²) in [5, 5.41) is 9.63. The molecule has 2 nitrogen and oxygen atoms in total. The molecule has 2 rings (SSSR count). The lowest BCUT2D eigenvalue weighted by Gasteiger charge is -2.42. The average molecular weight is 304 g/mol. The van der Waals surface area contributed by atoms with Crippen LogP contribution >= 0.6 is 0 Å². The maximum Gasteiger partial charge on any atom is 0.306 e. The Bertz CT molecular complexity index is 416. The summed E-state index contributed by atoms with van der Waals surface area (Å²) in [7, 11) is 6.55. The van der Waals surface area contributed by atoms with Crippen LogP contribution in [0.4, 0.5) is 0 Å². The monoisotopic (exact) mass is 304 g/mol. The van der Waals surface area contributed by atoms with Crippen LogP contribution in [0.25, 0.3) is 0 Å². The van der Waals surface area contributed by atoms with Crippen LogP contribution < -0.4 is 0 Å². The van der Waals surface area contributed by atoms with Gasteiger partial charge in [0.05, 0.1) is 13.8 Å². The predicted molar refractivity (Wildman–Crippen MR) is 92.2 cm³/mol. The zero-order valence-corrected chi connectivity index (χ0v) is 15.0. The Hall–Kier alpha value is -0.465. The van der Waals surface area contributed by atoms with Crippen molar-refractivity contribution in [3.8, 4) is 0 Å². The van der Waals surface area contributed by atoms with E-state index in [0.717, 1.165) is 32.1 Å². The Kier molecular flexibility index (Phi) is 5.04. The second-order valence-corrected chi connectivity index (χ2v) is 8.98. The fraction of sp³-hybridized carbons (Fsp3) is 0.947. The van der Waals surface area contributed by atoms with E-state index in [1.54, 1.807) is 0 Å². The standard InChI is InChI=1S/C19H33BO2/c1-5-6-11-19(13-17(19,2)3)15-12-18(4,20)10-8-7-9-14(15)16(21)22/h14-15H,5-13H2,1-4H3,(H,21,22). The second-order valence-electron chi connectivity index (χ2n) is 8.98. The van der Waals surface area contributed by atoms with Crippen molar-refractivity contribution in [2.75, 3.05) is 0 Å². The van der Waals surface area contributed by atoms with Gasteiger partial charge in [0.2, 0.25) is 0 Å². The summed E-state index contributed by atoms with van der Waals surface area (Å²) >= 11 is 0. The summed E-state index contributed by atoms with van der Waals surface area (Å²) in [4.78, 5) is 12.0. The molecule has 4 atom stereocenters. The molecule has 0 bridgehead atoms. The molecular formula is C19H33BO2. The minimum atomic E-state index is -0.596. The van der Waals surface area contributed by atoms with Crippen molar-refractivity contribution >= 4 is 13.8 Å². The SMILES string of the molecule is [B]C1(C)CCCCC(C(=O)O)C(C2(CCCC)CC2(C)C)C1. The normalized spacial score (nSPS) is 41.5. The van der Waals surface area contributed by atoms with Gasteiger partial charge in [-0.2, -0.15) is 0 Å². The molecule has 0 aromatic rings. The molecule has 2 fully saturated rings. The molecule has 0 aliphatic heterocycles. The Balaban J connectivity index is 2.32. The van der Waals surface area contributed by atoms with Gasteiger partial charge in [-0.3, -0.25) is 4.79 Å². The molecule has 3 heteroatoms. The van der Waals surface area contributed by atoms with Crippen LogP contribution in [0, 0.1) is 22.7 Å². The third kappa shape index (κ3) is 3.38. The third-order valence-electron chi connectivity index (χ3n) is 6.67. The largest absolute Gasteiger partial charge is 0.481 e. The van der Waals surface area contributed by atoms with E-state index < -0.39 is 5.97 Å². The molecule has 0 heterocycles. The predicted octanol–water partition coefficient (Wildman–Crippen LogP) is 5.22. The minimum Gasteiger partial charge on any atom is -0.481 e. The summed E-state index contributed by atoms with van der Waals surface area (Å²) < 4.78 is 0. The lowest BCUT2D eigenvalue weighted by Crippen LogP contribution is -2.37. The maximum absolute atomic E-state index is 12.0. The Morgan fingerprint density at radius 1 is 1.27 bits per heavy atom. The lowest BCUT2D eigenvalue weighted by molar-refractivity contribution is -0.146. The number of unbranched alkanes of at least 4 members (excludes halogenated alkanes) is 1. The van der Waals surface area contributed by atoms with Crippen LogP contribution in [0.15, 0.2) is 0 Å². The van der Waals surface area contributed by atoms with Crippen molar-refractivity contribution < 1.29 is 9.90 Å². The number of carboxylic acids is 1. The Labute approximate surface area is 137 Å². The first-order chi connectivity index (χ1) is 10.2. The third-order valence-corrected chi connectivity index (χ3v) is 6.67. The number of hydrogen-bond donors (Lipinski definition) is 1. The zero-order chi connectivity index (χ0) is 16.6. The van der Waals surface area contributed by atoms with Gasteiger partial charge in [-0.15, -0.1) is 0 Å². The summed E-state index contributed by atoms with van der Waals surface area (Å²) in [5.41, 5.74) is 0.472. The van der Waals surface area contributed by atoms with Gasteiger partial charge < -0.3 is 5.11 Å². The van der Waals surface area contributed by atoms with E-state index in [4.69, 9.17) is 7.85 Å². The van der Waals surface area contributed by atoms with Crippen molar-refractivity contribution in [2.24, 2.45) is 22.7 Å².